The maximum atomic E-state index is 5.80. The Bertz CT molecular complexity index is 515. The molecule has 2 atom stereocenters. The lowest BCUT2D eigenvalue weighted by Crippen LogP contribution is -1.82. The van der Waals surface area contributed by atoms with E-state index < -0.39 is 0 Å². The van der Waals surface area contributed by atoms with Gasteiger partial charge >= 0.3 is 0 Å². The molecule has 78 valence electrons. The van der Waals surface area contributed by atoms with Gasteiger partial charge in [0.05, 0.1) is 0 Å². The lowest BCUT2D eigenvalue weighted by Gasteiger charge is -2.06. The molecule has 1 fully saturated rings. The number of benzene rings is 2. The molecule has 2 aliphatic heterocycles. The zero-order valence-corrected chi connectivity index (χ0v) is 9.41. The van der Waals surface area contributed by atoms with Crippen LogP contribution in [-0.4, -0.2) is 0 Å². The van der Waals surface area contributed by atoms with E-state index in [0.717, 1.165) is 0 Å². The van der Waals surface area contributed by atoms with Crippen LogP contribution in [0.5, 0.6) is 0 Å². The van der Waals surface area contributed by atoms with Crippen LogP contribution in [0.2, 0.25) is 0 Å². The van der Waals surface area contributed by atoms with E-state index in [4.69, 9.17) is 4.74 Å². The van der Waals surface area contributed by atoms with Crippen LogP contribution in [0.1, 0.15) is 23.3 Å². The molecule has 0 N–H and O–H groups in total. The highest BCUT2D eigenvalue weighted by molar-refractivity contribution is 7.99. The van der Waals surface area contributed by atoms with E-state index >= 15 is 0 Å². The van der Waals surface area contributed by atoms with Gasteiger partial charge in [-0.05, 0) is 23.3 Å². The Hall–Kier alpha value is -1.25. The third-order valence-corrected chi connectivity index (χ3v) is 4.35. The Kier molecular flexibility index (Phi) is 1.73. The van der Waals surface area contributed by atoms with Crippen LogP contribution in [-0.2, 0) is 4.74 Å². The molecule has 0 saturated carbocycles. The van der Waals surface area contributed by atoms with Crippen molar-refractivity contribution < 1.29 is 4.74 Å². The summed E-state index contributed by atoms with van der Waals surface area (Å²) in [5.74, 6) is 0. The third kappa shape index (κ3) is 1.17. The van der Waals surface area contributed by atoms with Gasteiger partial charge in [0.1, 0.15) is 12.2 Å². The summed E-state index contributed by atoms with van der Waals surface area (Å²) in [5.41, 5.74) is 2.68. The van der Waals surface area contributed by atoms with Gasteiger partial charge in [-0.25, -0.2) is 0 Å². The van der Waals surface area contributed by atoms with Crippen molar-refractivity contribution >= 4 is 11.8 Å². The van der Waals surface area contributed by atoms with Crippen molar-refractivity contribution in [3.63, 3.8) is 0 Å². The van der Waals surface area contributed by atoms with Gasteiger partial charge in [-0.3, -0.25) is 0 Å². The largest absolute Gasteiger partial charge is 0.359 e. The average molecular weight is 226 g/mol. The van der Waals surface area contributed by atoms with Crippen molar-refractivity contribution in [1.29, 1.82) is 0 Å². The van der Waals surface area contributed by atoms with Gasteiger partial charge in [0.2, 0.25) is 0 Å². The Balaban J connectivity index is 1.94. The van der Waals surface area contributed by atoms with Gasteiger partial charge in [-0.2, -0.15) is 0 Å². The van der Waals surface area contributed by atoms with Crippen molar-refractivity contribution in [3.05, 3.63) is 59.7 Å². The SMILES string of the molecule is c1ccc2c(c1)Sc1ccccc1[C@@H]1O[C@H]21. The van der Waals surface area contributed by atoms with E-state index in [2.05, 4.69) is 48.5 Å². The van der Waals surface area contributed by atoms with Crippen LogP contribution < -0.4 is 0 Å². The number of epoxide rings is 1. The lowest BCUT2D eigenvalue weighted by molar-refractivity contribution is 0.374. The Labute approximate surface area is 98.4 Å². The molecule has 2 heteroatoms. The fourth-order valence-corrected chi connectivity index (χ4v) is 3.46. The van der Waals surface area contributed by atoms with E-state index in [1.54, 1.807) is 0 Å². The molecule has 2 aliphatic rings. The molecule has 0 aromatic heterocycles. The zero-order chi connectivity index (χ0) is 10.5. The number of hydrogen-bond acceptors (Lipinski definition) is 2. The maximum Gasteiger partial charge on any atom is 0.115 e. The summed E-state index contributed by atoms with van der Waals surface area (Å²) in [5, 5.41) is 0. The standard InChI is InChI=1S/C14H10OS/c1-3-7-11-9(5-1)13-14(15-13)10-6-2-4-8-12(10)16-11/h1-8,13-14H/t13-,14+. The van der Waals surface area contributed by atoms with Crippen molar-refractivity contribution in [1.82, 2.24) is 0 Å². The van der Waals surface area contributed by atoms with Crippen molar-refractivity contribution in [2.75, 3.05) is 0 Å². The van der Waals surface area contributed by atoms with Crippen LogP contribution in [0.4, 0.5) is 0 Å². The van der Waals surface area contributed by atoms with Gasteiger partial charge in [0, 0.05) is 9.79 Å². The number of fused-ring (bicyclic) bond motifs is 5. The first-order chi connectivity index (χ1) is 7.93. The van der Waals surface area contributed by atoms with Gasteiger partial charge in [0.25, 0.3) is 0 Å². The molecular formula is C14H10OS. The highest BCUT2D eigenvalue weighted by atomic mass is 32.2. The normalized spacial score (nSPS) is 25.0. The van der Waals surface area contributed by atoms with E-state index in [9.17, 15) is 0 Å². The highest BCUT2D eigenvalue weighted by Gasteiger charge is 2.45. The monoisotopic (exact) mass is 226 g/mol. The first-order valence-electron chi connectivity index (χ1n) is 5.45. The molecule has 0 radical (unpaired) electrons. The number of rotatable bonds is 0. The Morgan fingerprint density at radius 2 is 1.25 bits per heavy atom. The molecule has 2 heterocycles. The minimum absolute atomic E-state index is 0.285. The molecule has 4 rings (SSSR count). The molecule has 0 spiro atoms. The van der Waals surface area contributed by atoms with Crippen molar-refractivity contribution in [2.24, 2.45) is 0 Å². The van der Waals surface area contributed by atoms with E-state index in [1.807, 2.05) is 11.8 Å². The van der Waals surface area contributed by atoms with Crippen molar-refractivity contribution in [3.8, 4) is 0 Å². The second kappa shape index (κ2) is 3.12. The van der Waals surface area contributed by atoms with Gasteiger partial charge in [0.15, 0.2) is 0 Å². The summed E-state index contributed by atoms with van der Waals surface area (Å²) in [7, 11) is 0. The number of ether oxygens (including phenoxy) is 1. The van der Waals surface area contributed by atoms with Gasteiger partial charge < -0.3 is 4.74 Å². The van der Waals surface area contributed by atoms with Gasteiger partial charge in [-0.1, -0.05) is 48.2 Å². The minimum Gasteiger partial charge on any atom is -0.359 e. The molecule has 0 amide bonds. The second-order valence-corrected chi connectivity index (χ2v) is 5.24. The third-order valence-electron chi connectivity index (χ3n) is 3.16. The molecule has 1 nitrogen and oxygen atoms in total. The number of hydrogen-bond donors (Lipinski definition) is 0. The Morgan fingerprint density at radius 1 is 0.750 bits per heavy atom. The molecule has 1 saturated heterocycles. The molecule has 2 aromatic carbocycles. The summed E-state index contributed by atoms with van der Waals surface area (Å²) in [6, 6.07) is 17.1. The van der Waals surface area contributed by atoms with Gasteiger partial charge in [-0.15, -0.1) is 0 Å². The minimum atomic E-state index is 0.285. The first-order valence-corrected chi connectivity index (χ1v) is 6.26. The van der Waals surface area contributed by atoms with E-state index in [1.165, 1.54) is 20.9 Å². The van der Waals surface area contributed by atoms with Crippen LogP contribution in [0.15, 0.2) is 58.3 Å². The maximum absolute atomic E-state index is 5.80. The fourth-order valence-electron chi connectivity index (χ4n) is 2.32. The van der Waals surface area contributed by atoms with Crippen LogP contribution in [0, 0.1) is 0 Å². The summed E-state index contributed by atoms with van der Waals surface area (Å²) < 4.78 is 5.80. The predicted molar refractivity (Wildman–Crippen MR) is 63.6 cm³/mol. The highest BCUT2D eigenvalue weighted by Crippen LogP contribution is 2.58. The summed E-state index contributed by atoms with van der Waals surface area (Å²) in [6.45, 7) is 0. The van der Waals surface area contributed by atoms with Crippen LogP contribution in [0.25, 0.3) is 0 Å². The topological polar surface area (TPSA) is 12.5 Å². The smallest absolute Gasteiger partial charge is 0.115 e. The lowest BCUT2D eigenvalue weighted by atomic mass is 10.0. The first kappa shape index (κ1) is 8.85. The average Bonchev–Trinajstić information content (AvgIpc) is 3.09. The van der Waals surface area contributed by atoms with E-state index in [0.29, 0.717) is 0 Å². The molecule has 0 aliphatic carbocycles. The quantitative estimate of drug-likeness (QED) is 0.630. The van der Waals surface area contributed by atoms with Crippen molar-refractivity contribution in [2.45, 2.75) is 22.0 Å². The second-order valence-electron chi connectivity index (χ2n) is 4.15. The molecular weight excluding hydrogens is 216 g/mol. The molecule has 0 bridgehead atoms. The van der Waals surface area contributed by atoms with E-state index in [-0.39, 0.29) is 12.2 Å². The molecule has 16 heavy (non-hydrogen) atoms. The summed E-state index contributed by atoms with van der Waals surface area (Å²) >= 11 is 1.86. The summed E-state index contributed by atoms with van der Waals surface area (Å²) in [6.07, 6.45) is 0.569. The zero-order valence-electron chi connectivity index (χ0n) is 8.59. The fraction of sp³-hybridized carbons (Fsp3) is 0.143. The molecule has 0 unspecified atom stereocenters. The Morgan fingerprint density at radius 3 is 1.81 bits per heavy atom. The van der Waals surface area contributed by atoms with Crippen LogP contribution >= 0.6 is 11.8 Å². The summed E-state index contributed by atoms with van der Waals surface area (Å²) in [4.78, 5) is 2.67. The predicted octanol–water partition coefficient (Wildman–Crippen LogP) is 3.96. The van der Waals surface area contributed by atoms with Crippen LogP contribution in [0.3, 0.4) is 0 Å². The molecule has 2 aromatic rings.